The van der Waals surface area contributed by atoms with Gasteiger partial charge in [0, 0.05) is 13.1 Å². The number of nitrogens with zero attached hydrogens (tertiary/aromatic N) is 3. The minimum absolute atomic E-state index is 0.00775. The molecular weight excluding hydrogens is 453 g/mol. The van der Waals surface area contributed by atoms with Gasteiger partial charge in [0.25, 0.3) is 0 Å². The molecular formula is C19H25F3N4O7. The fraction of sp³-hybridized carbons (Fsp3) is 0.684. The quantitative estimate of drug-likeness (QED) is 0.490. The number of carbonyl (C=O) groups is 2. The summed E-state index contributed by atoms with van der Waals surface area (Å²) in [5.74, 6) is -2.53. The molecule has 3 atom stereocenters. The molecule has 0 spiro atoms. The smallest absolute Gasteiger partial charge is 0.434 e. The summed E-state index contributed by atoms with van der Waals surface area (Å²) in [5, 5.41) is 11.4. The van der Waals surface area contributed by atoms with E-state index in [0.717, 1.165) is 6.20 Å². The number of hydrogen-bond donors (Lipinski definition) is 2. The second kappa shape index (κ2) is 10.2. The molecule has 0 aliphatic carbocycles. The van der Waals surface area contributed by atoms with Crippen molar-refractivity contribution in [1.82, 2.24) is 14.9 Å². The van der Waals surface area contributed by atoms with Crippen LogP contribution in [-0.2, 0) is 34.7 Å². The van der Waals surface area contributed by atoms with Crippen molar-refractivity contribution in [3.05, 3.63) is 18.1 Å². The fourth-order valence-corrected chi connectivity index (χ4v) is 3.60. The largest absolute Gasteiger partial charge is 0.480 e. The van der Waals surface area contributed by atoms with E-state index in [1.54, 1.807) is 13.8 Å². The van der Waals surface area contributed by atoms with Crippen molar-refractivity contribution in [1.29, 1.82) is 0 Å². The van der Waals surface area contributed by atoms with Crippen LogP contribution >= 0.6 is 0 Å². The van der Waals surface area contributed by atoms with Gasteiger partial charge in [0.15, 0.2) is 11.5 Å². The van der Waals surface area contributed by atoms with Crippen molar-refractivity contribution >= 4 is 17.7 Å². The maximum absolute atomic E-state index is 13.0. The maximum atomic E-state index is 13.0. The number of carbonyl (C=O) groups excluding carboxylic acids is 1. The number of halogens is 3. The number of carboxylic acid groups (broad SMARTS) is 1. The number of rotatable bonds is 9. The fourth-order valence-electron chi connectivity index (χ4n) is 3.60. The number of nitrogens with one attached hydrogen (secondary N) is 1. The van der Waals surface area contributed by atoms with Crippen molar-refractivity contribution < 1.29 is 46.8 Å². The van der Waals surface area contributed by atoms with E-state index in [-0.39, 0.29) is 44.6 Å². The van der Waals surface area contributed by atoms with Crippen LogP contribution in [0, 0.1) is 0 Å². The van der Waals surface area contributed by atoms with Gasteiger partial charge in [-0.15, -0.1) is 0 Å². The zero-order valence-electron chi connectivity index (χ0n) is 18.0. The van der Waals surface area contributed by atoms with E-state index in [2.05, 4.69) is 15.3 Å². The summed E-state index contributed by atoms with van der Waals surface area (Å²) < 4.78 is 60.8. The van der Waals surface area contributed by atoms with Gasteiger partial charge in [-0.1, -0.05) is 0 Å². The van der Waals surface area contributed by atoms with E-state index in [9.17, 15) is 22.8 Å². The van der Waals surface area contributed by atoms with Gasteiger partial charge in [-0.3, -0.25) is 9.78 Å². The third-order valence-electron chi connectivity index (χ3n) is 4.87. The molecule has 0 unspecified atom stereocenters. The van der Waals surface area contributed by atoms with Crippen LogP contribution in [0.25, 0.3) is 0 Å². The van der Waals surface area contributed by atoms with Gasteiger partial charge in [-0.25, -0.2) is 9.78 Å². The van der Waals surface area contributed by atoms with E-state index in [0.29, 0.717) is 6.20 Å². The highest BCUT2D eigenvalue weighted by Crippen LogP contribution is 2.34. The predicted octanol–water partition coefficient (Wildman–Crippen LogP) is 0.756. The van der Waals surface area contributed by atoms with Crippen LogP contribution < -0.4 is 5.32 Å². The Morgan fingerprint density at radius 3 is 2.58 bits per heavy atom. The average molecular weight is 478 g/mol. The number of amides is 1. The van der Waals surface area contributed by atoms with Crippen LogP contribution in [0.1, 0.15) is 19.5 Å². The summed E-state index contributed by atoms with van der Waals surface area (Å²) in [4.78, 5) is 31.7. The number of aromatic nitrogens is 2. The highest BCUT2D eigenvalue weighted by Gasteiger charge is 2.50. The first-order chi connectivity index (χ1) is 15.4. The number of ether oxygens (including phenoxy) is 4. The van der Waals surface area contributed by atoms with Crippen LogP contribution in [0.15, 0.2) is 12.4 Å². The molecule has 2 aliphatic heterocycles. The second-order valence-corrected chi connectivity index (χ2v) is 7.97. The van der Waals surface area contributed by atoms with Gasteiger partial charge >= 0.3 is 12.1 Å². The first kappa shape index (κ1) is 25.1. The molecule has 11 nitrogen and oxygen atoms in total. The molecule has 1 amide bonds. The predicted molar refractivity (Wildman–Crippen MR) is 104 cm³/mol. The number of likely N-dealkylation sites (tertiary alicyclic amines) is 1. The van der Waals surface area contributed by atoms with Gasteiger partial charge < -0.3 is 34.3 Å². The monoisotopic (exact) mass is 478 g/mol. The van der Waals surface area contributed by atoms with Crippen LogP contribution in [0.2, 0.25) is 0 Å². The van der Waals surface area contributed by atoms with Crippen LogP contribution in [0.5, 0.6) is 0 Å². The molecule has 0 saturated carbocycles. The molecule has 2 fully saturated rings. The highest BCUT2D eigenvalue weighted by atomic mass is 19.4. The summed E-state index contributed by atoms with van der Waals surface area (Å²) in [7, 11) is 0. The molecule has 184 valence electrons. The van der Waals surface area contributed by atoms with E-state index in [1.165, 1.54) is 4.90 Å². The lowest BCUT2D eigenvalue weighted by molar-refractivity contribution is -0.148. The van der Waals surface area contributed by atoms with Gasteiger partial charge in [-0.05, 0) is 13.8 Å². The summed E-state index contributed by atoms with van der Waals surface area (Å²) in [6, 6.07) is -0.619. The lowest BCUT2D eigenvalue weighted by Gasteiger charge is -2.39. The molecule has 2 aliphatic rings. The van der Waals surface area contributed by atoms with Crippen LogP contribution in [0.3, 0.4) is 0 Å². The molecule has 1 aromatic rings. The van der Waals surface area contributed by atoms with E-state index in [4.69, 9.17) is 24.1 Å². The Bertz CT molecular complexity index is 855. The summed E-state index contributed by atoms with van der Waals surface area (Å²) >= 11 is 0. The van der Waals surface area contributed by atoms with Crippen molar-refractivity contribution in [2.75, 3.05) is 44.8 Å². The first-order valence-electron chi connectivity index (χ1n) is 10.1. The third-order valence-corrected chi connectivity index (χ3v) is 4.87. The first-order valence-corrected chi connectivity index (χ1v) is 10.1. The Labute approximate surface area is 187 Å². The number of anilines is 1. The molecule has 3 rings (SSSR count). The molecule has 1 aromatic heterocycles. The van der Waals surface area contributed by atoms with Crippen molar-refractivity contribution in [2.24, 2.45) is 0 Å². The Kier molecular flexibility index (Phi) is 7.72. The normalized spacial score (nSPS) is 24.4. The number of piperidine rings is 1. The molecule has 33 heavy (non-hydrogen) atoms. The van der Waals surface area contributed by atoms with Crippen molar-refractivity contribution in [3.63, 3.8) is 0 Å². The lowest BCUT2D eigenvalue weighted by atomic mass is 9.99. The van der Waals surface area contributed by atoms with Gasteiger partial charge in [0.1, 0.15) is 31.2 Å². The van der Waals surface area contributed by atoms with Gasteiger partial charge in [0.05, 0.1) is 31.6 Å². The number of carboxylic acids is 1. The van der Waals surface area contributed by atoms with Crippen LogP contribution in [0.4, 0.5) is 19.0 Å². The van der Waals surface area contributed by atoms with Gasteiger partial charge in [-0.2, -0.15) is 13.2 Å². The number of aliphatic carboxylic acids is 1. The lowest BCUT2D eigenvalue weighted by Crippen LogP contribution is -2.59. The minimum Gasteiger partial charge on any atom is -0.480 e. The number of fused-ring (bicyclic) bond motifs is 1. The summed E-state index contributed by atoms with van der Waals surface area (Å²) in [6.45, 7) is 3.01. The van der Waals surface area contributed by atoms with E-state index >= 15 is 0 Å². The van der Waals surface area contributed by atoms with E-state index < -0.39 is 48.5 Å². The average Bonchev–Trinajstić information content (AvgIpc) is 3.04. The molecule has 0 aromatic carbocycles. The Balaban J connectivity index is 1.63. The summed E-state index contributed by atoms with van der Waals surface area (Å²) in [5.41, 5.74) is -1.14. The Morgan fingerprint density at radius 1 is 1.21 bits per heavy atom. The number of alkyl halides is 3. The van der Waals surface area contributed by atoms with Crippen molar-refractivity contribution in [2.45, 2.75) is 44.1 Å². The topological polar surface area (TPSA) is 132 Å². The molecule has 3 heterocycles. The minimum atomic E-state index is -4.65. The maximum Gasteiger partial charge on any atom is 0.434 e. The highest BCUT2D eigenvalue weighted by molar-refractivity contribution is 5.77. The second-order valence-electron chi connectivity index (χ2n) is 7.97. The summed E-state index contributed by atoms with van der Waals surface area (Å²) in [6.07, 6.45) is -3.92. The SMILES string of the molecule is CC1(C)O[C@@H]2[C@@H](Nc3cncc(C(F)(F)F)n3)CN(C(=O)COCCOCC(=O)O)C[C@@H]2O1. The Morgan fingerprint density at radius 2 is 1.91 bits per heavy atom. The Hall–Kier alpha value is -2.55. The standard InChI is InChI=1S/C19H25F3N4O7/c1-18(2)32-12-8-26(15(27)9-30-3-4-31-10-16(28)29)7-11(17(12)33-18)24-14-6-23-5-13(25-14)19(20,21)22/h5-6,11-12,17H,3-4,7-10H2,1-2H3,(H,24,25)(H,28,29)/t11-,12-,17+/m0/s1. The number of hydrogen-bond acceptors (Lipinski definition) is 9. The van der Waals surface area contributed by atoms with Crippen LogP contribution in [-0.4, -0.2) is 95.4 Å². The molecule has 0 radical (unpaired) electrons. The third kappa shape index (κ3) is 6.96. The van der Waals surface area contributed by atoms with Crippen molar-refractivity contribution in [3.8, 4) is 0 Å². The zero-order chi connectivity index (χ0) is 24.2. The van der Waals surface area contributed by atoms with Gasteiger partial charge in [0.2, 0.25) is 5.91 Å². The zero-order valence-corrected chi connectivity index (χ0v) is 18.0. The molecule has 0 bridgehead atoms. The molecule has 2 saturated heterocycles. The molecule has 14 heteroatoms. The van der Waals surface area contributed by atoms with E-state index in [1.807, 2.05) is 0 Å². The molecule has 2 N–H and O–H groups in total.